The van der Waals surface area contributed by atoms with E-state index in [0.29, 0.717) is 17.9 Å². The molecule has 5 nitrogen and oxygen atoms in total. The molecule has 1 aliphatic rings. The van der Waals surface area contributed by atoms with Crippen LogP contribution in [0.1, 0.15) is 36.1 Å². The number of ketones is 1. The molecule has 1 amide bonds. The summed E-state index contributed by atoms with van der Waals surface area (Å²) < 4.78 is 5.14. The van der Waals surface area contributed by atoms with Gasteiger partial charge in [-0.15, -0.1) is 0 Å². The highest BCUT2D eigenvalue weighted by Gasteiger charge is 2.46. The second kappa shape index (κ2) is 7.66. The Morgan fingerprint density at radius 2 is 1.78 bits per heavy atom. The summed E-state index contributed by atoms with van der Waals surface area (Å²) in [6, 6.07) is 13.8. The first-order valence-corrected chi connectivity index (χ1v) is 8.98. The Labute approximate surface area is 158 Å². The van der Waals surface area contributed by atoms with Crippen LogP contribution in [0.3, 0.4) is 0 Å². The molecule has 1 aliphatic heterocycles. The number of aliphatic hydroxyl groups is 1. The van der Waals surface area contributed by atoms with Crippen molar-refractivity contribution < 1.29 is 19.4 Å². The van der Waals surface area contributed by atoms with E-state index in [4.69, 9.17) is 4.74 Å². The molecule has 140 valence electrons. The number of ether oxygens (including phenoxy) is 1. The van der Waals surface area contributed by atoms with Gasteiger partial charge in [-0.2, -0.15) is 0 Å². The number of amides is 1. The van der Waals surface area contributed by atoms with Gasteiger partial charge in [-0.1, -0.05) is 31.2 Å². The van der Waals surface area contributed by atoms with Gasteiger partial charge in [0.25, 0.3) is 11.7 Å². The van der Waals surface area contributed by atoms with Gasteiger partial charge in [0.05, 0.1) is 18.7 Å². The first-order valence-electron chi connectivity index (χ1n) is 8.98. The summed E-state index contributed by atoms with van der Waals surface area (Å²) >= 11 is 0. The number of carbonyl (C=O) groups is 2. The average molecular weight is 365 g/mol. The van der Waals surface area contributed by atoms with E-state index in [2.05, 4.69) is 0 Å². The Morgan fingerprint density at radius 1 is 1.11 bits per heavy atom. The van der Waals surface area contributed by atoms with E-state index in [1.165, 1.54) is 0 Å². The number of hydrogen-bond donors (Lipinski definition) is 1. The predicted molar refractivity (Wildman–Crippen MR) is 103 cm³/mol. The Bertz CT molecular complexity index is 899. The molecule has 3 rings (SSSR count). The normalized spacial score (nSPS) is 18.8. The van der Waals surface area contributed by atoms with Gasteiger partial charge in [0.15, 0.2) is 0 Å². The third-order valence-electron chi connectivity index (χ3n) is 4.85. The van der Waals surface area contributed by atoms with Gasteiger partial charge in [-0.3, -0.25) is 9.59 Å². The molecule has 0 bridgehead atoms. The van der Waals surface area contributed by atoms with Crippen LogP contribution in [0, 0.1) is 6.92 Å². The Hall–Kier alpha value is -3.08. The molecule has 5 heteroatoms. The first-order chi connectivity index (χ1) is 13.0. The lowest BCUT2D eigenvalue weighted by atomic mass is 9.92. The smallest absolute Gasteiger partial charge is 0.295 e. The van der Waals surface area contributed by atoms with Crippen molar-refractivity contribution >= 4 is 17.4 Å². The highest BCUT2D eigenvalue weighted by Crippen LogP contribution is 2.40. The maximum atomic E-state index is 12.8. The maximum Gasteiger partial charge on any atom is 0.295 e. The fraction of sp³-hybridized carbons (Fsp3) is 0.273. The monoisotopic (exact) mass is 365 g/mol. The number of aliphatic hydroxyl groups excluding tert-OH is 1. The molecular weight excluding hydrogens is 342 g/mol. The number of benzene rings is 2. The summed E-state index contributed by atoms with van der Waals surface area (Å²) in [5.74, 6) is -0.735. The Balaban J connectivity index is 2.18. The molecule has 1 saturated heterocycles. The lowest BCUT2D eigenvalue weighted by molar-refractivity contribution is -0.139. The predicted octanol–water partition coefficient (Wildman–Crippen LogP) is 3.84. The van der Waals surface area contributed by atoms with Crippen LogP contribution in [0.25, 0.3) is 5.76 Å². The number of carbonyl (C=O) groups excluding carboxylic acids is 2. The molecule has 0 aromatic heterocycles. The molecule has 0 radical (unpaired) electrons. The third-order valence-corrected chi connectivity index (χ3v) is 4.85. The molecule has 27 heavy (non-hydrogen) atoms. The van der Waals surface area contributed by atoms with Crippen LogP contribution in [0.15, 0.2) is 54.1 Å². The highest BCUT2D eigenvalue weighted by atomic mass is 16.5. The molecule has 1 heterocycles. The van der Waals surface area contributed by atoms with Crippen molar-refractivity contribution in [3.63, 3.8) is 0 Å². The Morgan fingerprint density at radius 3 is 2.37 bits per heavy atom. The number of likely N-dealkylation sites (tertiary alicyclic amines) is 1. The van der Waals surface area contributed by atoms with Crippen molar-refractivity contribution in [2.45, 2.75) is 26.3 Å². The minimum Gasteiger partial charge on any atom is -0.507 e. The summed E-state index contributed by atoms with van der Waals surface area (Å²) in [4.78, 5) is 27.0. The molecule has 1 fully saturated rings. The summed E-state index contributed by atoms with van der Waals surface area (Å²) in [5, 5.41) is 10.9. The van der Waals surface area contributed by atoms with Crippen molar-refractivity contribution in [3.05, 3.63) is 70.8 Å². The van der Waals surface area contributed by atoms with Crippen LogP contribution in [-0.2, 0) is 9.59 Å². The van der Waals surface area contributed by atoms with Crippen molar-refractivity contribution in [2.24, 2.45) is 0 Å². The molecule has 0 saturated carbocycles. The van der Waals surface area contributed by atoms with Crippen molar-refractivity contribution in [1.82, 2.24) is 4.90 Å². The van der Waals surface area contributed by atoms with Gasteiger partial charge in [0.1, 0.15) is 11.5 Å². The third kappa shape index (κ3) is 3.33. The summed E-state index contributed by atoms with van der Waals surface area (Å²) in [7, 11) is 1.56. The van der Waals surface area contributed by atoms with Gasteiger partial charge in [0, 0.05) is 12.1 Å². The zero-order chi connectivity index (χ0) is 19.6. The summed E-state index contributed by atoms with van der Waals surface area (Å²) in [5.41, 5.74) is 2.42. The molecule has 2 aromatic carbocycles. The molecule has 1 unspecified atom stereocenters. The van der Waals surface area contributed by atoms with Crippen LogP contribution < -0.4 is 4.74 Å². The van der Waals surface area contributed by atoms with Crippen molar-refractivity contribution in [3.8, 4) is 5.75 Å². The average Bonchev–Trinajstić information content (AvgIpc) is 2.93. The zero-order valence-electron chi connectivity index (χ0n) is 15.7. The van der Waals surface area contributed by atoms with Crippen molar-refractivity contribution in [2.75, 3.05) is 13.7 Å². The maximum absolute atomic E-state index is 12.8. The van der Waals surface area contributed by atoms with Gasteiger partial charge < -0.3 is 14.7 Å². The lowest BCUT2D eigenvalue weighted by Gasteiger charge is -2.26. The van der Waals surface area contributed by atoms with Crippen LogP contribution in [0.4, 0.5) is 0 Å². The zero-order valence-corrected chi connectivity index (χ0v) is 15.7. The van der Waals surface area contributed by atoms with E-state index in [1.807, 2.05) is 38.1 Å². The molecule has 2 aromatic rings. The number of nitrogens with zero attached hydrogens (tertiary/aromatic N) is 1. The van der Waals surface area contributed by atoms with E-state index in [-0.39, 0.29) is 11.3 Å². The first kappa shape index (κ1) is 18.7. The standard InChI is InChI=1S/C22H23NO4/c1-4-13-23-19(17-8-6-5-7-14(17)2)18(21(25)22(23)26)20(24)15-9-11-16(27-3)12-10-15/h5-12,19,24H,4,13H2,1-3H3/b20-18-. The fourth-order valence-electron chi connectivity index (χ4n) is 3.47. The number of rotatable bonds is 5. The molecule has 1 atom stereocenters. The number of hydrogen-bond acceptors (Lipinski definition) is 4. The van der Waals surface area contributed by atoms with E-state index in [9.17, 15) is 14.7 Å². The van der Waals surface area contributed by atoms with Gasteiger partial charge in [0.2, 0.25) is 0 Å². The van der Waals surface area contributed by atoms with Crippen LogP contribution in [0.5, 0.6) is 5.75 Å². The Kier molecular flexibility index (Phi) is 5.31. The summed E-state index contributed by atoms with van der Waals surface area (Å²) in [6.07, 6.45) is 0.720. The number of aryl methyl sites for hydroxylation is 1. The minimum atomic E-state index is -0.648. The van der Waals surface area contributed by atoms with Gasteiger partial charge in [-0.25, -0.2) is 0 Å². The molecule has 0 spiro atoms. The summed E-state index contributed by atoms with van der Waals surface area (Å²) in [6.45, 7) is 4.34. The van der Waals surface area contributed by atoms with E-state index < -0.39 is 17.7 Å². The van der Waals surface area contributed by atoms with Crippen LogP contribution >= 0.6 is 0 Å². The quantitative estimate of drug-likeness (QED) is 0.497. The van der Waals surface area contributed by atoms with Crippen molar-refractivity contribution in [1.29, 1.82) is 0 Å². The van der Waals surface area contributed by atoms with E-state index in [1.54, 1.807) is 36.3 Å². The SMILES string of the molecule is CCCN1C(=O)C(=O)/C(=C(\O)c2ccc(OC)cc2)C1c1ccccc1C. The van der Waals surface area contributed by atoms with E-state index >= 15 is 0 Å². The van der Waals surface area contributed by atoms with Crippen LogP contribution in [0.2, 0.25) is 0 Å². The minimum absolute atomic E-state index is 0.132. The molecule has 0 aliphatic carbocycles. The second-order valence-electron chi connectivity index (χ2n) is 6.58. The van der Waals surface area contributed by atoms with Gasteiger partial charge in [-0.05, 0) is 48.7 Å². The molecular formula is C22H23NO4. The molecule has 1 N–H and O–H groups in total. The van der Waals surface area contributed by atoms with Gasteiger partial charge >= 0.3 is 0 Å². The number of methoxy groups -OCH3 is 1. The fourth-order valence-corrected chi connectivity index (χ4v) is 3.47. The largest absolute Gasteiger partial charge is 0.507 e. The van der Waals surface area contributed by atoms with E-state index in [0.717, 1.165) is 17.5 Å². The second-order valence-corrected chi connectivity index (χ2v) is 6.58. The lowest BCUT2D eigenvalue weighted by Crippen LogP contribution is -2.30. The highest BCUT2D eigenvalue weighted by molar-refractivity contribution is 6.46. The number of Topliss-reactive ketones (excluding diaryl/α,β-unsaturated/α-hetero) is 1. The van der Waals surface area contributed by atoms with Crippen LogP contribution in [-0.4, -0.2) is 35.4 Å². The topological polar surface area (TPSA) is 66.8 Å².